The highest BCUT2D eigenvalue weighted by atomic mass is 14.8. The number of H-pyrrole nitrogens is 1. The van der Waals surface area contributed by atoms with Crippen LogP contribution in [0, 0.1) is 11.3 Å². The van der Waals surface area contributed by atoms with E-state index in [1.54, 1.807) is 0 Å². The molecule has 4 heteroatoms. The summed E-state index contributed by atoms with van der Waals surface area (Å²) < 4.78 is 0. The summed E-state index contributed by atoms with van der Waals surface area (Å²) in [6.45, 7) is 0. The monoisotopic (exact) mass is 302 g/mol. The summed E-state index contributed by atoms with van der Waals surface area (Å²) in [4.78, 5) is 3.43. The molecule has 0 aliphatic rings. The van der Waals surface area contributed by atoms with Gasteiger partial charge >= 0.3 is 0 Å². The maximum atomic E-state index is 9.08. The standard InChI is InChI=1S/C19H18N4/c1-22-18-8-2-13(12-20)10-15(18)11-17-7-9-19(23-17)14-3-5-16(21)6-4-14/h2-10,22-23H,11,21H2,1H3. The summed E-state index contributed by atoms with van der Waals surface area (Å²) in [5.74, 6) is 0. The van der Waals surface area contributed by atoms with Crippen LogP contribution in [0.1, 0.15) is 16.8 Å². The molecule has 4 nitrogen and oxygen atoms in total. The van der Waals surface area contributed by atoms with Gasteiger partial charge in [-0.1, -0.05) is 12.1 Å². The van der Waals surface area contributed by atoms with Gasteiger partial charge in [-0.15, -0.1) is 0 Å². The fourth-order valence-electron chi connectivity index (χ4n) is 2.63. The third-order valence-corrected chi connectivity index (χ3v) is 3.85. The maximum absolute atomic E-state index is 9.08. The molecule has 3 aromatic rings. The van der Waals surface area contributed by atoms with Crippen LogP contribution in [0.3, 0.4) is 0 Å². The van der Waals surface area contributed by atoms with E-state index in [4.69, 9.17) is 11.0 Å². The topological polar surface area (TPSA) is 77.6 Å². The van der Waals surface area contributed by atoms with Crippen LogP contribution in [0.2, 0.25) is 0 Å². The zero-order chi connectivity index (χ0) is 16.2. The Hall–Kier alpha value is -3.19. The molecule has 0 amide bonds. The molecular formula is C19H18N4. The zero-order valence-corrected chi connectivity index (χ0v) is 12.9. The highest BCUT2D eigenvalue weighted by Gasteiger charge is 2.07. The van der Waals surface area contributed by atoms with Crippen molar-refractivity contribution in [3.8, 4) is 17.3 Å². The van der Waals surface area contributed by atoms with Crippen molar-refractivity contribution in [2.45, 2.75) is 6.42 Å². The van der Waals surface area contributed by atoms with E-state index in [1.807, 2.05) is 49.5 Å². The van der Waals surface area contributed by atoms with E-state index < -0.39 is 0 Å². The number of hydrogen-bond donors (Lipinski definition) is 3. The minimum absolute atomic E-state index is 0.671. The molecule has 0 aliphatic heterocycles. The van der Waals surface area contributed by atoms with Gasteiger partial charge in [-0.05, 0) is 53.6 Å². The average molecular weight is 302 g/mol. The molecule has 0 saturated heterocycles. The minimum atomic E-state index is 0.671. The van der Waals surface area contributed by atoms with Crippen molar-refractivity contribution < 1.29 is 0 Å². The van der Waals surface area contributed by atoms with Gasteiger partial charge in [-0.3, -0.25) is 0 Å². The fraction of sp³-hybridized carbons (Fsp3) is 0.105. The van der Waals surface area contributed by atoms with E-state index in [0.29, 0.717) is 5.56 Å². The number of aromatic nitrogens is 1. The summed E-state index contributed by atoms with van der Waals surface area (Å²) in [5.41, 5.74) is 12.5. The van der Waals surface area contributed by atoms with Crippen LogP contribution in [-0.4, -0.2) is 12.0 Å². The molecule has 3 rings (SSSR count). The normalized spacial score (nSPS) is 10.3. The van der Waals surface area contributed by atoms with Crippen LogP contribution in [-0.2, 0) is 6.42 Å². The number of nitrogens with zero attached hydrogens (tertiary/aromatic N) is 1. The highest BCUT2D eigenvalue weighted by Crippen LogP contribution is 2.24. The van der Waals surface area contributed by atoms with Crippen LogP contribution in [0.5, 0.6) is 0 Å². The zero-order valence-electron chi connectivity index (χ0n) is 12.9. The fourth-order valence-corrected chi connectivity index (χ4v) is 2.63. The molecular weight excluding hydrogens is 284 g/mol. The first-order valence-electron chi connectivity index (χ1n) is 7.44. The van der Waals surface area contributed by atoms with Crippen molar-refractivity contribution in [2.75, 3.05) is 18.1 Å². The van der Waals surface area contributed by atoms with E-state index in [2.05, 4.69) is 28.5 Å². The maximum Gasteiger partial charge on any atom is 0.0991 e. The molecule has 0 fully saturated rings. The van der Waals surface area contributed by atoms with Crippen molar-refractivity contribution in [1.29, 1.82) is 5.26 Å². The van der Waals surface area contributed by atoms with Gasteiger partial charge < -0.3 is 16.0 Å². The van der Waals surface area contributed by atoms with Gasteiger partial charge in [0, 0.05) is 36.2 Å². The number of nitrogens with one attached hydrogen (secondary N) is 2. The Morgan fingerprint density at radius 3 is 2.57 bits per heavy atom. The Morgan fingerprint density at radius 1 is 1.09 bits per heavy atom. The second kappa shape index (κ2) is 6.29. The van der Waals surface area contributed by atoms with Gasteiger partial charge in [0.15, 0.2) is 0 Å². The average Bonchev–Trinajstić information content (AvgIpc) is 3.04. The molecule has 0 saturated carbocycles. The molecule has 0 spiro atoms. The van der Waals surface area contributed by atoms with E-state index >= 15 is 0 Å². The molecule has 114 valence electrons. The van der Waals surface area contributed by atoms with E-state index in [1.165, 1.54) is 0 Å². The van der Waals surface area contributed by atoms with Gasteiger partial charge in [-0.2, -0.15) is 5.26 Å². The van der Waals surface area contributed by atoms with Gasteiger partial charge in [0.2, 0.25) is 0 Å². The third-order valence-electron chi connectivity index (χ3n) is 3.85. The summed E-state index contributed by atoms with van der Waals surface area (Å²) in [6.07, 6.45) is 0.737. The Labute approximate surface area is 135 Å². The lowest BCUT2D eigenvalue weighted by atomic mass is 10.0. The van der Waals surface area contributed by atoms with E-state index in [9.17, 15) is 0 Å². The molecule has 2 aromatic carbocycles. The molecule has 1 heterocycles. The van der Waals surface area contributed by atoms with Gasteiger partial charge in [0.05, 0.1) is 11.6 Å². The highest BCUT2D eigenvalue weighted by molar-refractivity contribution is 5.63. The molecule has 0 radical (unpaired) electrons. The lowest BCUT2D eigenvalue weighted by Gasteiger charge is -2.08. The number of nitrogen functional groups attached to an aromatic ring is 1. The van der Waals surface area contributed by atoms with Crippen LogP contribution in [0.4, 0.5) is 11.4 Å². The van der Waals surface area contributed by atoms with E-state index in [-0.39, 0.29) is 0 Å². The molecule has 0 bridgehead atoms. The molecule has 4 N–H and O–H groups in total. The van der Waals surface area contributed by atoms with Gasteiger partial charge in [0.25, 0.3) is 0 Å². The summed E-state index contributed by atoms with van der Waals surface area (Å²) in [6, 6.07) is 19.8. The number of benzene rings is 2. The molecule has 23 heavy (non-hydrogen) atoms. The lowest BCUT2D eigenvalue weighted by molar-refractivity contribution is 1.11. The van der Waals surface area contributed by atoms with Gasteiger partial charge in [0.1, 0.15) is 0 Å². The summed E-state index contributed by atoms with van der Waals surface area (Å²) in [5, 5.41) is 12.3. The van der Waals surface area contributed by atoms with Crippen LogP contribution in [0.25, 0.3) is 11.3 Å². The Kier molecular flexibility index (Phi) is 4.03. The first-order valence-corrected chi connectivity index (χ1v) is 7.44. The first-order chi connectivity index (χ1) is 11.2. The van der Waals surface area contributed by atoms with Crippen molar-refractivity contribution >= 4 is 11.4 Å². The second-order valence-electron chi connectivity index (χ2n) is 5.43. The predicted molar refractivity (Wildman–Crippen MR) is 94.2 cm³/mol. The molecule has 1 aromatic heterocycles. The molecule has 0 aliphatic carbocycles. The van der Waals surface area contributed by atoms with Crippen LogP contribution < -0.4 is 11.1 Å². The number of nitriles is 1. The number of hydrogen-bond acceptors (Lipinski definition) is 3. The smallest absolute Gasteiger partial charge is 0.0991 e. The van der Waals surface area contributed by atoms with E-state index in [0.717, 1.165) is 40.3 Å². The van der Waals surface area contributed by atoms with Crippen molar-refractivity contribution in [2.24, 2.45) is 0 Å². The predicted octanol–water partition coefficient (Wildman–Crippen LogP) is 3.77. The summed E-state index contributed by atoms with van der Waals surface area (Å²) in [7, 11) is 1.89. The van der Waals surface area contributed by atoms with Crippen molar-refractivity contribution in [3.05, 3.63) is 71.4 Å². The second-order valence-corrected chi connectivity index (χ2v) is 5.43. The quantitative estimate of drug-likeness (QED) is 0.642. The summed E-state index contributed by atoms with van der Waals surface area (Å²) >= 11 is 0. The third kappa shape index (κ3) is 3.19. The first kappa shape index (κ1) is 14.7. The van der Waals surface area contributed by atoms with Crippen LogP contribution in [0.15, 0.2) is 54.6 Å². The Morgan fingerprint density at radius 2 is 1.87 bits per heavy atom. The number of aromatic amines is 1. The Balaban J connectivity index is 1.87. The van der Waals surface area contributed by atoms with Crippen molar-refractivity contribution in [1.82, 2.24) is 4.98 Å². The molecule has 0 unspecified atom stereocenters. The number of nitrogens with two attached hydrogens (primary N) is 1. The van der Waals surface area contributed by atoms with Crippen LogP contribution >= 0.6 is 0 Å². The van der Waals surface area contributed by atoms with Crippen molar-refractivity contribution in [3.63, 3.8) is 0 Å². The van der Waals surface area contributed by atoms with Gasteiger partial charge in [-0.25, -0.2) is 0 Å². The SMILES string of the molecule is CNc1ccc(C#N)cc1Cc1ccc(-c2ccc(N)cc2)[nH]1. The number of rotatable bonds is 4. The minimum Gasteiger partial charge on any atom is -0.399 e. The largest absolute Gasteiger partial charge is 0.399 e. The number of anilines is 2. The Bertz CT molecular complexity index is 854. The lowest BCUT2D eigenvalue weighted by Crippen LogP contribution is -1.98. The molecule has 0 atom stereocenters.